The average Bonchev–Trinajstić information content (AvgIpc) is 3.00. The van der Waals surface area contributed by atoms with Crippen molar-refractivity contribution in [2.24, 2.45) is 5.84 Å². The van der Waals surface area contributed by atoms with Gasteiger partial charge in [-0.1, -0.05) is 12.8 Å². The molecule has 0 spiro atoms. The molecular weight excluding hydrogens is 226 g/mol. The number of nitrogens with one attached hydrogen (secondary N) is 1. The lowest BCUT2D eigenvalue weighted by atomic mass is 9.84. The van der Waals surface area contributed by atoms with E-state index in [2.05, 4.69) is 24.4 Å². The molecule has 2 fully saturated rings. The number of rotatable bonds is 6. The molecule has 1 saturated heterocycles. The number of likely N-dealkylation sites (N-methyl/N-ethyl adjacent to an activating group) is 1. The van der Waals surface area contributed by atoms with Crippen LogP contribution in [0.5, 0.6) is 0 Å². The van der Waals surface area contributed by atoms with Crippen LogP contribution in [-0.2, 0) is 4.74 Å². The van der Waals surface area contributed by atoms with Crippen LogP contribution >= 0.6 is 0 Å². The first-order valence-corrected chi connectivity index (χ1v) is 7.44. The largest absolute Gasteiger partial charge is 0.378 e. The molecule has 0 aromatic heterocycles. The Morgan fingerprint density at radius 1 is 1.33 bits per heavy atom. The molecular formula is C14H29N3O. The van der Waals surface area contributed by atoms with Gasteiger partial charge < -0.3 is 9.64 Å². The summed E-state index contributed by atoms with van der Waals surface area (Å²) in [5.74, 6) is 5.84. The summed E-state index contributed by atoms with van der Waals surface area (Å²) < 4.78 is 5.72. The van der Waals surface area contributed by atoms with Crippen molar-refractivity contribution in [1.29, 1.82) is 0 Å². The quantitative estimate of drug-likeness (QED) is 0.560. The molecule has 0 amide bonds. The highest BCUT2D eigenvalue weighted by Gasteiger charge is 2.42. The lowest BCUT2D eigenvalue weighted by Gasteiger charge is -2.43. The van der Waals surface area contributed by atoms with E-state index in [9.17, 15) is 0 Å². The maximum Gasteiger partial charge on any atom is 0.0576 e. The van der Waals surface area contributed by atoms with Crippen LogP contribution in [0, 0.1) is 0 Å². The summed E-state index contributed by atoms with van der Waals surface area (Å²) in [5.41, 5.74) is 3.35. The van der Waals surface area contributed by atoms with Crippen molar-refractivity contribution < 1.29 is 4.74 Å². The van der Waals surface area contributed by atoms with E-state index in [1.807, 2.05) is 0 Å². The molecule has 3 N–H and O–H groups in total. The van der Waals surface area contributed by atoms with Crippen molar-refractivity contribution in [3.05, 3.63) is 0 Å². The van der Waals surface area contributed by atoms with Crippen molar-refractivity contribution in [1.82, 2.24) is 10.3 Å². The smallest absolute Gasteiger partial charge is 0.0576 e. The zero-order valence-corrected chi connectivity index (χ0v) is 12.0. The molecule has 0 bridgehead atoms. The highest BCUT2D eigenvalue weighted by Crippen LogP contribution is 2.38. The van der Waals surface area contributed by atoms with E-state index < -0.39 is 0 Å². The minimum absolute atomic E-state index is 0.257. The molecule has 1 aliphatic carbocycles. The Hall–Kier alpha value is -0.160. The maximum absolute atomic E-state index is 5.84. The van der Waals surface area contributed by atoms with Gasteiger partial charge in [0.1, 0.15) is 0 Å². The van der Waals surface area contributed by atoms with E-state index in [0.717, 1.165) is 19.4 Å². The zero-order chi connectivity index (χ0) is 13.0. The summed E-state index contributed by atoms with van der Waals surface area (Å²) in [6, 6.07) is 0.388. The molecule has 106 valence electrons. The van der Waals surface area contributed by atoms with Gasteiger partial charge in [-0.15, -0.1) is 0 Å². The first-order valence-electron chi connectivity index (χ1n) is 7.44. The molecule has 1 aliphatic heterocycles. The molecule has 0 radical (unpaired) electrons. The van der Waals surface area contributed by atoms with Crippen LogP contribution in [0.1, 0.15) is 51.4 Å². The third kappa shape index (κ3) is 2.87. The minimum Gasteiger partial charge on any atom is -0.378 e. The molecule has 2 atom stereocenters. The van der Waals surface area contributed by atoms with E-state index in [0.29, 0.717) is 12.1 Å². The van der Waals surface area contributed by atoms with Crippen molar-refractivity contribution in [2.45, 2.75) is 69.1 Å². The molecule has 1 saturated carbocycles. The van der Waals surface area contributed by atoms with Crippen LogP contribution < -0.4 is 11.3 Å². The van der Waals surface area contributed by atoms with Crippen molar-refractivity contribution >= 4 is 0 Å². The summed E-state index contributed by atoms with van der Waals surface area (Å²) in [6.07, 6.45) is 10.4. The minimum atomic E-state index is 0.257. The summed E-state index contributed by atoms with van der Waals surface area (Å²) in [7, 11) is 4.39. The van der Waals surface area contributed by atoms with Crippen molar-refractivity contribution in [3.63, 3.8) is 0 Å². The Morgan fingerprint density at radius 2 is 2.06 bits per heavy atom. The molecule has 0 aromatic rings. The third-order valence-electron chi connectivity index (χ3n) is 5.01. The van der Waals surface area contributed by atoms with E-state index in [-0.39, 0.29) is 5.54 Å². The fourth-order valence-corrected chi connectivity index (χ4v) is 3.83. The number of hydrogen-bond acceptors (Lipinski definition) is 4. The van der Waals surface area contributed by atoms with Gasteiger partial charge in [0.25, 0.3) is 0 Å². The van der Waals surface area contributed by atoms with Crippen LogP contribution in [-0.4, -0.2) is 43.3 Å². The van der Waals surface area contributed by atoms with E-state index >= 15 is 0 Å². The summed E-state index contributed by atoms with van der Waals surface area (Å²) in [5, 5.41) is 0. The average molecular weight is 255 g/mol. The number of nitrogens with zero attached hydrogens (tertiary/aromatic N) is 1. The molecule has 2 unspecified atom stereocenters. The van der Waals surface area contributed by atoms with Gasteiger partial charge in [-0.25, -0.2) is 0 Å². The van der Waals surface area contributed by atoms with E-state index in [1.54, 1.807) is 0 Å². The molecule has 4 heteroatoms. The second-order valence-corrected chi connectivity index (χ2v) is 6.14. The molecule has 4 nitrogen and oxygen atoms in total. The van der Waals surface area contributed by atoms with Gasteiger partial charge >= 0.3 is 0 Å². The fourth-order valence-electron chi connectivity index (χ4n) is 3.83. The molecule has 2 rings (SSSR count). The Kier molecular flexibility index (Phi) is 5.01. The van der Waals surface area contributed by atoms with Gasteiger partial charge in [0, 0.05) is 18.2 Å². The van der Waals surface area contributed by atoms with Gasteiger partial charge in [-0.05, 0) is 52.6 Å². The standard InChI is InChI=1S/C14H29N3O/c1-17(2)14(9-3-4-10-14)13(16-15)8-7-12-6-5-11-18-12/h12-13,16H,3-11,15H2,1-2H3. The van der Waals surface area contributed by atoms with Gasteiger partial charge in [0.2, 0.25) is 0 Å². The summed E-state index contributed by atoms with van der Waals surface area (Å²) in [6.45, 7) is 0.949. The number of hydrazine groups is 1. The van der Waals surface area contributed by atoms with Crippen LogP contribution in [0.3, 0.4) is 0 Å². The topological polar surface area (TPSA) is 50.5 Å². The lowest BCUT2D eigenvalue weighted by molar-refractivity contribution is 0.0707. The predicted octanol–water partition coefficient (Wildman–Crippen LogP) is 1.65. The lowest BCUT2D eigenvalue weighted by Crippen LogP contribution is -2.59. The first kappa shape index (κ1) is 14.3. The van der Waals surface area contributed by atoms with Gasteiger partial charge in [-0.3, -0.25) is 11.3 Å². The Balaban J connectivity index is 1.92. The second-order valence-electron chi connectivity index (χ2n) is 6.14. The normalized spacial score (nSPS) is 29.0. The number of hydrogen-bond donors (Lipinski definition) is 2. The predicted molar refractivity (Wildman–Crippen MR) is 74.2 cm³/mol. The van der Waals surface area contributed by atoms with Gasteiger partial charge in [0.15, 0.2) is 0 Å². The molecule has 2 aliphatic rings. The second kappa shape index (κ2) is 6.33. The fraction of sp³-hybridized carbons (Fsp3) is 1.00. The van der Waals surface area contributed by atoms with Crippen LogP contribution in [0.25, 0.3) is 0 Å². The number of ether oxygens (including phenoxy) is 1. The van der Waals surface area contributed by atoms with Gasteiger partial charge in [0.05, 0.1) is 6.10 Å². The molecule has 1 heterocycles. The monoisotopic (exact) mass is 255 g/mol. The van der Waals surface area contributed by atoms with E-state index in [4.69, 9.17) is 10.6 Å². The Labute approximate surface area is 111 Å². The highest BCUT2D eigenvalue weighted by atomic mass is 16.5. The van der Waals surface area contributed by atoms with Crippen molar-refractivity contribution in [3.8, 4) is 0 Å². The molecule has 18 heavy (non-hydrogen) atoms. The van der Waals surface area contributed by atoms with Crippen LogP contribution in [0.4, 0.5) is 0 Å². The first-order chi connectivity index (χ1) is 8.69. The molecule has 0 aromatic carbocycles. The zero-order valence-electron chi connectivity index (χ0n) is 12.0. The Morgan fingerprint density at radius 3 is 2.56 bits per heavy atom. The Bertz CT molecular complexity index is 245. The van der Waals surface area contributed by atoms with Crippen LogP contribution in [0.15, 0.2) is 0 Å². The third-order valence-corrected chi connectivity index (χ3v) is 5.01. The number of nitrogens with two attached hydrogens (primary N) is 1. The summed E-state index contributed by atoms with van der Waals surface area (Å²) >= 11 is 0. The maximum atomic E-state index is 5.84. The highest BCUT2D eigenvalue weighted by molar-refractivity contribution is 5.01. The van der Waals surface area contributed by atoms with Gasteiger partial charge in [-0.2, -0.15) is 0 Å². The van der Waals surface area contributed by atoms with Crippen LogP contribution in [0.2, 0.25) is 0 Å². The van der Waals surface area contributed by atoms with E-state index in [1.165, 1.54) is 38.5 Å². The summed E-state index contributed by atoms with van der Waals surface area (Å²) in [4.78, 5) is 2.39. The van der Waals surface area contributed by atoms with Crippen molar-refractivity contribution in [2.75, 3.05) is 20.7 Å². The SMILES string of the molecule is CN(C)C1(C(CCC2CCCO2)NN)CCCC1.